The molecule has 0 aromatic heterocycles. The minimum absolute atomic E-state index is 0.367. The first-order valence-electron chi connectivity index (χ1n) is 7.01. The van der Waals surface area contributed by atoms with Gasteiger partial charge in [-0.1, -0.05) is 16.8 Å². The molecule has 0 fully saturated rings. The van der Waals surface area contributed by atoms with Gasteiger partial charge in [-0.05, 0) is 48.9 Å². The highest BCUT2D eigenvalue weighted by molar-refractivity contribution is 6.31. The first kappa shape index (κ1) is 17.0. The fraction of sp³-hybridized carbons (Fsp3) is 0.235. The minimum Gasteiger partial charge on any atom is -0.493 e. The SMILES string of the molecule is COc1cc(/C=N/O)ccc1OCCOc1ccc(Cl)c(C)c1. The lowest BCUT2D eigenvalue weighted by atomic mass is 10.2. The lowest BCUT2D eigenvalue weighted by Crippen LogP contribution is -2.09. The van der Waals surface area contributed by atoms with E-state index in [0.717, 1.165) is 11.3 Å². The van der Waals surface area contributed by atoms with Gasteiger partial charge in [0.15, 0.2) is 11.5 Å². The molecule has 2 rings (SSSR count). The van der Waals surface area contributed by atoms with Gasteiger partial charge in [-0.15, -0.1) is 0 Å². The summed E-state index contributed by atoms with van der Waals surface area (Å²) in [6.45, 7) is 2.68. The number of benzene rings is 2. The van der Waals surface area contributed by atoms with E-state index in [1.807, 2.05) is 19.1 Å². The van der Waals surface area contributed by atoms with E-state index >= 15 is 0 Å². The van der Waals surface area contributed by atoms with Crippen molar-refractivity contribution in [1.82, 2.24) is 0 Å². The molecule has 0 spiro atoms. The van der Waals surface area contributed by atoms with E-state index in [0.29, 0.717) is 35.3 Å². The van der Waals surface area contributed by atoms with Crippen LogP contribution in [0.2, 0.25) is 5.02 Å². The molecule has 0 heterocycles. The number of nitrogens with zero attached hydrogens (tertiary/aromatic N) is 1. The molecule has 23 heavy (non-hydrogen) atoms. The number of hydrogen-bond acceptors (Lipinski definition) is 5. The van der Waals surface area contributed by atoms with Crippen molar-refractivity contribution in [2.45, 2.75) is 6.92 Å². The summed E-state index contributed by atoms with van der Waals surface area (Å²) in [6, 6.07) is 10.7. The molecule has 6 heteroatoms. The van der Waals surface area contributed by atoms with Crippen LogP contribution >= 0.6 is 11.6 Å². The van der Waals surface area contributed by atoms with E-state index in [2.05, 4.69) is 5.16 Å². The Morgan fingerprint density at radius 1 is 1.09 bits per heavy atom. The van der Waals surface area contributed by atoms with Crippen molar-refractivity contribution < 1.29 is 19.4 Å². The maximum Gasteiger partial charge on any atom is 0.161 e. The Kier molecular flexibility index (Phi) is 6.11. The van der Waals surface area contributed by atoms with Gasteiger partial charge in [-0.2, -0.15) is 0 Å². The van der Waals surface area contributed by atoms with Gasteiger partial charge >= 0.3 is 0 Å². The molecule has 5 nitrogen and oxygen atoms in total. The molecule has 0 saturated heterocycles. The van der Waals surface area contributed by atoms with E-state index < -0.39 is 0 Å². The van der Waals surface area contributed by atoms with Crippen LogP contribution in [0.25, 0.3) is 0 Å². The number of rotatable bonds is 7. The summed E-state index contributed by atoms with van der Waals surface area (Å²) in [4.78, 5) is 0. The number of aryl methyl sites for hydroxylation is 1. The van der Waals surface area contributed by atoms with Gasteiger partial charge in [0.1, 0.15) is 19.0 Å². The van der Waals surface area contributed by atoms with Crippen molar-refractivity contribution in [2.24, 2.45) is 5.16 Å². The number of oxime groups is 1. The summed E-state index contributed by atoms with van der Waals surface area (Å²) < 4.78 is 16.5. The zero-order valence-corrected chi connectivity index (χ0v) is 13.7. The van der Waals surface area contributed by atoms with Crippen LogP contribution in [0, 0.1) is 6.92 Å². The minimum atomic E-state index is 0.367. The van der Waals surface area contributed by atoms with Crippen molar-refractivity contribution >= 4 is 17.8 Å². The third-order valence-corrected chi connectivity index (χ3v) is 3.56. The Balaban J connectivity index is 1.89. The van der Waals surface area contributed by atoms with Crippen LogP contribution in [-0.4, -0.2) is 31.7 Å². The zero-order valence-electron chi connectivity index (χ0n) is 13.0. The molecule has 0 aliphatic heterocycles. The molecule has 2 aromatic rings. The van der Waals surface area contributed by atoms with Gasteiger partial charge in [0.05, 0.1) is 13.3 Å². The van der Waals surface area contributed by atoms with Gasteiger partial charge in [-0.3, -0.25) is 0 Å². The fourth-order valence-corrected chi connectivity index (χ4v) is 2.09. The summed E-state index contributed by atoms with van der Waals surface area (Å²) in [7, 11) is 1.55. The van der Waals surface area contributed by atoms with Crippen LogP contribution in [0.15, 0.2) is 41.6 Å². The predicted octanol–water partition coefficient (Wildman–Crippen LogP) is 3.92. The van der Waals surface area contributed by atoms with Gasteiger partial charge < -0.3 is 19.4 Å². The predicted molar refractivity (Wildman–Crippen MR) is 89.6 cm³/mol. The van der Waals surface area contributed by atoms with Crippen LogP contribution in [0.3, 0.4) is 0 Å². The fourth-order valence-electron chi connectivity index (χ4n) is 1.97. The van der Waals surface area contributed by atoms with Crippen LogP contribution in [-0.2, 0) is 0 Å². The Morgan fingerprint density at radius 2 is 1.87 bits per heavy atom. The van der Waals surface area contributed by atoms with E-state index in [-0.39, 0.29) is 0 Å². The lowest BCUT2D eigenvalue weighted by molar-refractivity contribution is 0.211. The van der Waals surface area contributed by atoms with Crippen molar-refractivity contribution in [1.29, 1.82) is 0 Å². The largest absolute Gasteiger partial charge is 0.493 e. The maximum atomic E-state index is 8.54. The lowest BCUT2D eigenvalue weighted by Gasteiger charge is -2.12. The second-order valence-corrected chi connectivity index (χ2v) is 5.17. The quantitative estimate of drug-likeness (QED) is 0.360. The van der Waals surface area contributed by atoms with Gasteiger partial charge in [-0.25, -0.2) is 0 Å². The standard InChI is InChI=1S/C17H18ClNO4/c1-12-9-14(4-5-15(12)18)22-7-8-23-16-6-3-13(11-19-20)10-17(16)21-2/h3-6,9-11,20H,7-8H2,1-2H3/b19-11+. The third kappa shape index (κ3) is 4.79. The molecule has 0 aliphatic rings. The Hall–Kier alpha value is -2.40. The van der Waals surface area contributed by atoms with Gasteiger partial charge in [0.2, 0.25) is 0 Å². The van der Waals surface area contributed by atoms with E-state index in [1.54, 1.807) is 31.4 Å². The molecule has 0 amide bonds. The molecule has 0 radical (unpaired) electrons. The average molecular weight is 336 g/mol. The third-order valence-electron chi connectivity index (χ3n) is 3.13. The van der Waals surface area contributed by atoms with Crippen LogP contribution < -0.4 is 14.2 Å². The normalized spacial score (nSPS) is 10.7. The van der Waals surface area contributed by atoms with E-state index in [4.69, 9.17) is 31.0 Å². The molecule has 1 N–H and O–H groups in total. The second-order valence-electron chi connectivity index (χ2n) is 4.76. The Morgan fingerprint density at radius 3 is 2.57 bits per heavy atom. The molecular formula is C17H18ClNO4. The topological polar surface area (TPSA) is 60.3 Å². The smallest absolute Gasteiger partial charge is 0.161 e. The maximum absolute atomic E-state index is 8.54. The first-order valence-corrected chi connectivity index (χ1v) is 7.39. The van der Waals surface area contributed by atoms with Crippen LogP contribution in [0.1, 0.15) is 11.1 Å². The first-order chi connectivity index (χ1) is 11.1. The average Bonchev–Trinajstić information content (AvgIpc) is 2.56. The zero-order chi connectivity index (χ0) is 16.7. The summed E-state index contributed by atoms with van der Waals surface area (Å²) >= 11 is 5.97. The number of halogens is 1. The van der Waals surface area contributed by atoms with Crippen molar-refractivity contribution in [2.75, 3.05) is 20.3 Å². The summed E-state index contributed by atoms with van der Waals surface area (Å²) in [5.74, 6) is 1.90. The Bertz CT molecular complexity index is 688. The monoisotopic (exact) mass is 335 g/mol. The molecule has 0 aliphatic carbocycles. The molecule has 0 saturated carbocycles. The number of hydrogen-bond donors (Lipinski definition) is 1. The summed E-state index contributed by atoms with van der Waals surface area (Å²) in [5.41, 5.74) is 1.68. The highest BCUT2D eigenvalue weighted by atomic mass is 35.5. The molecule has 0 atom stereocenters. The highest BCUT2D eigenvalue weighted by Gasteiger charge is 2.05. The van der Waals surface area contributed by atoms with Crippen LogP contribution in [0.5, 0.6) is 17.2 Å². The molecule has 0 unspecified atom stereocenters. The van der Waals surface area contributed by atoms with Crippen molar-refractivity contribution in [3.63, 3.8) is 0 Å². The Labute approximate surface area is 140 Å². The molecule has 122 valence electrons. The number of ether oxygens (including phenoxy) is 3. The summed E-state index contributed by atoms with van der Waals surface area (Å²) in [5, 5.41) is 12.2. The number of methoxy groups -OCH3 is 1. The van der Waals surface area contributed by atoms with Gasteiger partial charge in [0.25, 0.3) is 0 Å². The van der Waals surface area contributed by atoms with Crippen molar-refractivity contribution in [3.8, 4) is 17.2 Å². The molecule has 0 bridgehead atoms. The summed E-state index contributed by atoms with van der Waals surface area (Å²) in [6.07, 6.45) is 1.32. The van der Waals surface area contributed by atoms with Crippen molar-refractivity contribution in [3.05, 3.63) is 52.5 Å². The second kappa shape index (κ2) is 8.29. The highest BCUT2D eigenvalue weighted by Crippen LogP contribution is 2.27. The molecular weight excluding hydrogens is 318 g/mol. The van der Waals surface area contributed by atoms with Gasteiger partial charge in [0, 0.05) is 10.6 Å². The van der Waals surface area contributed by atoms with Crippen LogP contribution in [0.4, 0.5) is 0 Å². The van der Waals surface area contributed by atoms with E-state index in [1.165, 1.54) is 6.21 Å². The molecule has 2 aromatic carbocycles. The van der Waals surface area contributed by atoms with E-state index in [9.17, 15) is 0 Å².